The Morgan fingerprint density at radius 1 is 0.760 bits per heavy atom. The number of aliphatic hydroxyl groups excluding tert-OH is 2. The molecule has 0 heterocycles. The summed E-state index contributed by atoms with van der Waals surface area (Å²) < 4.78 is 0. The van der Waals surface area contributed by atoms with Crippen LogP contribution in [0.25, 0.3) is 0 Å². The number of rotatable bonds is 8. The molecule has 2 atom stereocenters. The van der Waals surface area contributed by atoms with Gasteiger partial charge in [0.1, 0.15) is 12.2 Å². The maximum atomic E-state index is 10.3. The van der Waals surface area contributed by atoms with Crippen molar-refractivity contribution in [3.8, 4) is 0 Å². The summed E-state index contributed by atoms with van der Waals surface area (Å²) in [4.78, 5) is 49.8. The Morgan fingerprint density at radius 2 is 1.00 bits per heavy atom. The van der Waals surface area contributed by atoms with Crippen molar-refractivity contribution in [2.75, 3.05) is 0 Å². The topological polar surface area (TPSA) is 253 Å². The zero-order valence-corrected chi connectivity index (χ0v) is 17.1. The fourth-order valence-electron chi connectivity index (χ4n) is 0.972. The summed E-state index contributed by atoms with van der Waals surface area (Å²) in [6, 6.07) is 0. The number of aliphatic hydroxyl groups is 3. The summed E-state index contributed by atoms with van der Waals surface area (Å²) in [6.45, 7) is 0. The molecule has 0 aliphatic heterocycles. The van der Waals surface area contributed by atoms with Crippen molar-refractivity contribution >= 4 is 29.8 Å². The van der Waals surface area contributed by atoms with Crippen molar-refractivity contribution in [2.24, 2.45) is 0 Å². The molecular formula is C10H12Na2O13. The van der Waals surface area contributed by atoms with E-state index in [1.807, 2.05) is 0 Å². The van der Waals surface area contributed by atoms with Crippen molar-refractivity contribution in [2.45, 2.75) is 30.7 Å². The van der Waals surface area contributed by atoms with Crippen LogP contribution in [0.3, 0.4) is 0 Å². The van der Waals surface area contributed by atoms with E-state index in [1.165, 1.54) is 0 Å². The summed E-state index contributed by atoms with van der Waals surface area (Å²) in [6.07, 6.45) is -7.17. The Labute approximate surface area is 183 Å². The molecule has 0 spiro atoms. The number of aliphatic carboxylic acids is 5. The van der Waals surface area contributed by atoms with Crippen LogP contribution in [0, 0.1) is 0 Å². The molecule has 0 saturated carbocycles. The minimum Gasteiger partial charge on any atom is -0.547 e. The van der Waals surface area contributed by atoms with Crippen molar-refractivity contribution in [1.82, 2.24) is 0 Å². The van der Waals surface area contributed by atoms with Gasteiger partial charge in [-0.25, -0.2) is 4.79 Å². The van der Waals surface area contributed by atoms with E-state index in [0.717, 1.165) is 0 Å². The number of carbonyl (C=O) groups excluding carboxylic acids is 2. The van der Waals surface area contributed by atoms with Gasteiger partial charge in [0.05, 0.1) is 24.8 Å². The van der Waals surface area contributed by atoms with E-state index in [9.17, 15) is 34.2 Å². The first-order valence-electron chi connectivity index (χ1n) is 5.41. The maximum absolute atomic E-state index is 10.3. The molecule has 25 heavy (non-hydrogen) atoms. The van der Waals surface area contributed by atoms with Gasteiger partial charge in [-0.3, -0.25) is 9.59 Å². The van der Waals surface area contributed by atoms with E-state index in [-0.39, 0.29) is 59.1 Å². The Bertz CT molecular complexity index is 457. The van der Waals surface area contributed by atoms with Gasteiger partial charge in [-0.15, -0.1) is 0 Å². The second-order valence-electron chi connectivity index (χ2n) is 4.01. The minimum atomic E-state index is -2.74. The zero-order valence-electron chi connectivity index (χ0n) is 13.1. The number of carboxylic acid groups (broad SMARTS) is 5. The average molecular weight is 386 g/mol. The molecular weight excluding hydrogens is 374 g/mol. The molecule has 0 radical (unpaired) electrons. The Morgan fingerprint density at radius 3 is 1.12 bits per heavy atom. The molecule has 0 unspecified atom stereocenters. The van der Waals surface area contributed by atoms with Gasteiger partial charge in [0, 0.05) is 0 Å². The number of hydrogen-bond donors (Lipinski definition) is 6. The molecule has 0 fully saturated rings. The van der Waals surface area contributed by atoms with Gasteiger partial charge < -0.3 is 50.4 Å². The molecule has 13 nitrogen and oxygen atoms in total. The third-order valence-electron chi connectivity index (χ3n) is 2.07. The number of carbonyl (C=O) groups is 5. The molecule has 0 aliphatic carbocycles. The van der Waals surface area contributed by atoms with Crippen LogP contribution < -0.4 is 69.3 Å². The van der Waals surface area contributed by atoms with E-state index in [2.05, 4.69) is 0 Å². The molecule has 0 aromatic carbocycles. The average Bonchev–Trinajstić information content (AvgIpc) is 2.35. The first kappa shape index (κ1) is 31.9. The predicted octanol–water partition coefficient (Wildman–Crippen LogP) is -12.0. The molecule has 0 bridgehead atoms. The summed E-state index contributed by atoms with van der Waals surface area (Å²) in [5.74, 6) is -9.14. The maximum Gasteiger partial charge on any atom is 1.00 e. The molecule has 0 aliphatic rings. The van der Waals surface area contributed by atoms with Gasteiger partial charge >= 0.3 is 77.0 Å². The van der Waals surface area contributed by atoms with Crippen LogP contribution in [0.1, 0.15) is 12.8 Å². The molecule has 6 N–H and O–H groups in total. The van der Waals surface area contributed by atoms with Crippen molar-refractivity contribution in [3.05, 3.63) is 0 Å². The van der Waals surface area contributed by atoms with Crippen LogP contribution in [0.2, 0.25) is 0 Å². The fraction of sp³-hybridized carbons (Fsp3) is 0.500. The van der Waals surface area contributed by atoms with E-state index < -0.39 is 60.5 Å². The van der Waals surface area contributed by atoms with Crippen LogP contribution >= 0.6 is 0 Å². The predicted molar refractivity (Wildman–Crippen MR) is 59.1 cm³/mol. The monoisotopic (exact) mass is 386 g/mol. The van der Waals surface area contributed by atoms with Gasteiger partial charge in [0.25, 0.3) is 0 Å². The Kier molecular flexibility index (Phi) is 18.4. The smallest absolute Gasteiger partial charge is 0.547 e. The molecule has 0 rings (SSSR count). The van der Waals surface area contributed by atoms with Crippen molar-refractivity contribution in [3.63, 3.8) is 0 Å². The SMILES string of the molecule is O=C(O)CC(O)(CC(=O)O)C(=O)O.O=C([O-])[C@H](O)[C@@H](O)C(=O)[O-].[Na+].[Na+]. The second kappa shape index (κ2) is 14.4. The van der Waals surface area contributed by atoms with Crippen molar-refractivity contribution in [1.29, 1.82) is 0 Å². The van der Waals surface area contributed by atoms with E-state index in [1.54, 1.807) is 0 Å². The van der Waals surface area contributed by atoms with Gasteiger partial charge in [-0.2, -0.15) is 0 Å². The molecule has 15 heteroatoms. The van der Waals surface area contributed by atoms with Gasteiger partial charge in [0.15, 0.2) is 5.60 Å². The molecule has 0 aromatic heterocycles. The van der Waals surface area contributed by atoms with Crippen LogP contribution in [-0.2, 0) is 24.0 Å². The Balaban J connectivity index is -0.000000168. The van der Waals surface area contributed by atoms with E-state index >= 15 is 0 Å². The number of hydrogen-bond acceptors (Lipinski definition) is 10. The quantitative estimate of drug-likeness (QED) is 0.212. The summed E-state index contributed by atoms with van der Waals surface area (Å²) >= 11 is 0. The first-order chi connectivity index (χ1) is 10.2. The van der Waals surface area contributed by atoms with Crippen LogP contribution in [0.5, 0.6) is 0 Å². The third-order valence-corrected chi connectivity index (χ3v) is 2.07. The largest absolute Gasteiger partial charge is 1.00 e. The summed E-state index contributed by atoms with van der Waals surface area (Å²) in [5.41, 5.74) is -2.74. The third kappa shape index (κ3) is 14.1. The summed E-state index contributed by atoms with van der Waals surface area (Å²) in [5, 5.41) is 69.5. The molecule has 0 saturated heterocycles. The molecule has 0 amide bonds. The van der Waals surface area contributed by atoms with E-state index in [4.69, 9.17) is 30.6 Å². The Hall–Kier alpha value is -0.770. The van der Waals surface area contributed by atoms with Gasteiger partial charge in [0.2, 0.25) is 0 Å². The standard InChI is InChI=1S/C6H8O7.C4H6O6.2Na/c7-3(8)1-6(13,5(11)12)2-4(9)10;5-1(3(7)8)2(6)4(9)10;;/h13H,1-2H2,(H,7,8)(H,9,10)(H,11,12);1-2,5-6H,(H,7,8)(H,9,10);;/q;;2*+1/p-2/t;1-,2-;;/m.1../s1. The molecule has 0 aromatic rings. The van der Waals surface area contributed by atoms with Gasteiger partial charge in [-0.05, 0) is 0 Å². The van der Waals surface area contributed by atoms with Crippen LogP contribution in [0.15, 0.2) is 0 Å². The fourth-order valence-corrected chi connectivity index (χ4v) is 0.972. The van der Waals surface area contributed by atoms with Crippen LogP contribution in [-0.4, -0.2) is 78.3 Å². The van der Waals surface area contributed by atoms with Crippen molar-refractivity contribution < 1.29 is 124 Å². The van der Waals surface area contributed by atoms with Gasteiger partial charge in [-0.1, -0.05) is 0 Å². The van der Waals surface area contributed by atoms with E-state index in [0.29, 0.717) is 0 Å². The molecule has 132 valence electrons. The zero-order chi connectivity index (χ0) is 19.0. The normalized spacial score (nSPS) is 12.0. The second-order valence-corrected chi connectivity index (χ2v) is 4.01. The minimum absolute atomic E-state index is 0. The van der Waals surface area contributed by atoms with Crippen LogP contribution in [0.4, 0.5) is 0 Å². The summed E-state index contributed by atoms with van der Waals surface area (Å²) in [7, 11) is 0. The number of carboxylic acids is 5. The first-order valence-corrected chi connectivity index (χ1v) is 5.41.